The number of phenols is 1. The predicted octanol–water partition coefficient (Wildman–Crippen LogP) is 4.98. The first-order chi connectivity index (χ1) is 14.4. The van der Waals surface area contributed by atoms with Crippen LogP contribution in [0.15, 0.2) is 78.4 Å². The lowest BCUT2D eigenvalue weighted by molar-refractivity contribution is -0.132. The number of Topliss-reactive ketones (excluding diaryl/α,β-unsaturated/α-hetero) is 1. The molecule has 4 rings (SSSR count). The van der Waals surface area contributed by atoms with Crippen LogP contribution in [0.2, 0.25) is 5.02 Å². The van der Waals surface area contributed by atoms with E-state index in [-0.39, 0.29) is 17.1 Å². The van der Waals surface area contributed by atoms with Gasteiger partial charge in [-0.2, -0.15) is 0 Å². The molecule has 1 saturated heterocycles. The van der Waals surface area contributed by atoms with Crippen LogP contribution in [0.3, 0.4) is 0 Å². The SMILES string of the molecule is Cc1ccc(/C(O)=C2/C(=O)C(=O)N(c3ccc(O)cc3)C2c2ccccc2Cl)cc1. The number of nitrogens with zero attached hydrogens (tertiary/aromatic N) is 1. The highest BCUT2D eigenvalue weighted by molar-refractivity contribution is 6.52. The van der Waals surface area contributed by atoms with E-state index in [0.29, 0.717) is 21.8 Å². The predicted molar refractivity (Wildman–Crippen MR) is 116 cm³/mol. The number of aromatic hydroxyl groups is 1. The zero-order chi connectivity index (χ0) is 21.4. The molecule has 2 N–H and O–H groups in total. The number of amides is 1. The van der Waals surface area contributed by atoms with Crippen molar-refractivity contribution in [3.8, 4) is 5.75 Å². The summed E-state index contributed by atoms with van der Waals surface area (Å²) in [6, 6.07) is 18.9. The fourth-order valence-electron chi connectivity index (χ4n) is 3.57. The molecule has 1 atom stereocenters. The van der Waals surface area contributed by atoms with Crippen molar-refractivity contribution in [3.05, 3.63) is 100 Å². The Bertz CT molecular complexity index is 1170. The van der Waals surface area contributed by atoms with Crippen LogP contribution in [0, 0.1) is 6.92 Å². The van der Waals surface area contributed by atoms with Crippen molar-refractivity contribution >= 4 is 34.7 Å². The number of carbonyl (C=O) groups excluding carboxylic acids is 2. The Balaban J connectivity index is 1.96. The standard InChI is InChI=1S/C24H18ClNO4/c1-14-6-8-15(9-7-14)22(28)20-21(18-4-2-3-5-19(18)25)26(24(30)23(20)29)16-10-12-17(27)13-11-16/h2-13,21,27-28H,1H3/b22-20-. The van der Waals surface area contributed by atoms with Crippen LogP contribution in [-0.4, -0.2) is 21.9 Å². The van der Waals surface area contributed by atoms with E-state index in [0.717, 1.165) is 5.56 Å². The van der Waals surface area contributed by atoms with Crippen LogP contribution in [0.25, 0.3) is 5.76 Å². The van der Waals surface area contributed by atoms with Crippen molar-refractivity contribution in [2.45, 2.75) is 13.0 Å². The molecule has 0 radical (unpaired) electrons. The smallest absolute Gasteiger partial charge is 0.300 e. The van der Waals surface area contributed by atoms with Gasteiger partial charge >= 0.3 is 0 Å². The molecule has 30 heavy (non-hydrogen) atoms. The van der Waals surface area contributed by atoms with E-state index in [9.17, 15) is 19.8 Å². The number of rotatable bonds is 3. The van der Waals surface area contributed by atoms with Crippen LogP contribution >= 0.6 is 11.6 Å². The van der Waals surface area contributed by atoms with E-state index in [4.69, 9.17) is 11.6 Å². The largest absolute Gasteiger partial charge is 0.508 e. The second kappa shape index (κ2) is 7.69. The average molecular weight is 420 g/mol. The monoisotopic (exact) mass is 419 g/mol. The molecule has 1 fully saturated rings. The number of aryl methyl sites for hydroxylation is 1. The highest BCUT2D eigenvalue weighted by Crippen LogP contribution is 2.44. The van der Waals surface area contributed by atoms with Gasteiger partial charge in [0.1, 0.15) is 11.5 Å². The van der Waals surface area contributed by atoms with Gasteiger partial charge in [-0.25, -0.2) is 0 Å². The average Bonchev–Trinajstić information content (AvgIpc) is 3.00. The van der Waals surface area contributed by atoms with Gasteiger partial charge in [-0.3, -0.25) is 14.5 Å². The number of benzene rings is 3. The van der Waals surface area contributed by atoms with Crippen LogP contribution in [-0.2, 0) is 9.59 Å². The van der Waals surface area contributed by atoms with Gasteiger partial charge in [0.25, 0.3) is 11.7 Å². The summed E-state index contributed by atoms with van der Waals surface area (Å²) < 4.78 is 0. The lowest BCUT2D eigenvalue weighted by Crippen LogP contribution is -2.29. The molecule has 1 heterocycles. The minimum Gasteiger partial charge on any atom is -0.508 e. The molecule has 3 aromatic rings. The number of aliphatic hydroxyl groups is 1. The number of aliphatic hydroxyl groups excluding tert-OH is 1. The van der Waals surface area contributed by atoms with Gasteiger partial charge in [0, 0.05) is 16.3 Å². The lowest BCUT2D eigenvalue weighted by Gasteiger charge is -2.26. The zero-order valence-corrected chi connectivity index (χ0v) is 16.8. The first-order valence-electron chi connectivity index (χ1n) is 9.30. The number of ketones is 1. The van der Waals surface area contributed by atoms with Crippen LogP contribution in [0.5, 0.6) is 5.75 Å². The summed E-state index contributed by atoms with van der Waals surface area (Å²) in [4.78, 5) is 27.3. The molecule has 1 unspecified atom stereocenters. The van der Waals surface area contributed by atoms with Crippen molar-refractivity contribution in [3.63, 3.8) is 0 Å². The Hall–Kier alpha value is -3.57. The summed E-state index contributed by atoms with van der Waals surface area (Å²) in [5, 5.41) is 21.0. The Morgan fingerprint density at radius 2 is 1.57 bits per heavy atom. The second-order valence-electron chi connectivity index (χ2n) is 7.07. The van der Waals surface area contributed by atoms with Gasteiger partial charge in [-0.15, -0.1) is 0 Å². The summed E-state index contributed by atoms with van der Waals surface area (Å²) in [7, 11) is 0. The normalized spacial score (nSPS) is 18.1. The highest BCUT2D eigenvalue weighted by Gasteiger charge is 2.47. The summed E-state index contributed by atoms with van der Waals surface area (Å²) in [6.07, 6.45) is 0. The summed E-state index contributed by atoms with van der Waals surface area (Å²) in [6.45, 7) is 1.91. The van der Waals surface area contributed by atoms with Gasteiger partial charge < -0.3 is 10.2 Å². The zero-order valence-electron chi connectivity index (χ0n) is 16.0. The summed E-state index contributed by atoms with van der Waals surface area (Å²) in [5.74, 6) is -1.81. The van der Waals surface area contributed by atoms with Crippen LogP contribution < -0.4 is 4.90 Å². The molecule has 3 aromatic carbocycles. The van der Waals surface area contributed by atoms with Crippen LogP contribution in [0.4, 0.5) is 5.69 Å². The molecule has 6 heteroatoms. The number of anilines is 1. The molecule has 0 spiro atoms. The van der Waals surface area contributed by atoms with Gasteiger partial charge in [-0.1, -0.05) is 59.6 Å². The van der Waals surface area contributed by atoms with Gasteiger partial charge in [-0.05, 0) is 42.8 Å². The van der Waals surface area contributed by atoms with Crippen molar-refractivity contribution in [1.82, 2.24) is 0 Å². The third kappa shape index (κ3) is 3.33. The van der Waals surface area contributed by atoms with E-state index < -0.39 is 17.7 Å². The van der Waals surface area contributed by atoms with E-state index in [1.807, 2.05) is 19.1 Å². The number of carbonyl (C=O) groups is 2. The number of phenolic OH excluding ortho intramolecular Hbond substituents is 1. The minimum atomic E-state index is -0.912. The van der Waals surface area contributed by atoms with Gasteiger partial charge in [0.05, 0.1) is 11.6 Å². The molecule has 0 aliphatic carbocycles. The molecule has 0 saturated carbocycles. The third-order valence-electron chi connectivity index (χ3n) is 5.10. The summed E-state index contributed by atoms with van der Waals surface area (Å²) >= 11 is 6.42. The molecule has 0 bridgehead atoms. The van der Waals surface area contributed by atoms with Crippen molar-refractivity contribution in [2.24, 2.45) is 0 Å². The molecule has 0 aromatic heterocycles. The van der Waals surface area contributed by atoms with Crippen LogP contribution in [0.1, 0.15) is 22.7 Å². The topological polar surface area (TPSA) is 77.8 Å². The molecular weight excluding hydrogens is 402 g/mol. The minimum absolute atomic E-state index is 0.0317. The lowest BCUT2D eigenvalue weighted by atomic mass is 9.95. The molecule has 1 amide bonds. The molecule has 150 valence electrons. The Kier molecular flexibility index (Phi) is 5.06. The summed E-state index contributed by atoms with van der Waals surface area (Å²) in [5.41, 5.74) is 2.31. The molecule has 1 aliphatic heterocycles. The Morgan fingerprint density at radius 3 is 2.20 bits per heavy atom. The van der Waals surface area contributed by atoms with Crippen molar-refractivity contribution in [2.75, 3.05) is 4.90 Å². The fraction of sp³-hybridized carbons (Fsp3) is 0.0833. The van der Waals surface area contributed by atoms with Crippen molar-refractivity contribution < 1.29 is 19.8 Å². The van der Waals surface area contributed by atoms with E-state index >= 15 is 0 Å². The molecule has 1 aliphatic rings. The van der Waals surface area contributed by atoms with E-state index in [1.165, 1.54) is 29.2 Å². The van der Waals surface area contributed by atoms with Gasteiger partial charge in [0.2, 0.25) is 0 Å². The Morgan fingerprint density at radius 1 is 0.933 bits per heavy atom. The first-order valence-corrected chi connectivity index (χ1v) is 9.68. The van der Waals surface area contributed by atoms with E-state index in [2.05, 4.69) is 0 Å². The quantitative estimate of drug-likeness (QED) is 0.356. The maximum Gasteiger partial charge on any atom is 0.300 e. The molecular formula is C24H18ClNO4. The fourth-order valence-corrected chi connectivity index (χ4v) is 3.81. The van der Waals surface area contributed by atoms with Crippen molar-refractivity contribution in [1.29, 1.82) is 0 Å². The first kappa shape index (κ1) is 19.7. The highest BCUT2D eigenvalue weighted by atomic mass is 35.5. The third-order valence-corrected chi connectivity index (χ3v) is 5.44. The number of hydrogen-bond acceptors (Lipinski definition) is 4. The second-order valence-corrected chi connectivity index (χ2v) is 7.48. The number of hydrogen-bond donors (Lipinski definition) is 2. The maximum absolute atomic E-state index is 13.0. The van der Waals surface area contributed by atoms with Gasteiger partial charge in [0.15, 0.2) is 0 Å². The molecule has 5 nitrogen and oxygen atoms in total. The number of halogens is 1. The van der Waals surface area contributed by atoms with E-state index in [1.54, 1.807) is 36.4 Å². The Labute approximate surface area is 178 Å². The maximum atomic E-state index is 13.0.